The van der Waals surface area contributed by atoms with Crippen LogP contribution in [0.15, 0.2) is 46.0 Å². The number of guanidine groups is 1. The van der Waals surface area contributed by atoms with Crippen molar-refractivity contribution in [1.82, 2.24) is 20.1 Å². The Kier molecular flexibility index (Phi) is 10.7. The fourth-order valence-corrected chi connectivity index (χ4v) is 3.41. The fourth-order valence-electron chi connectivity index (χ4n) is 2.84. The predicted molar refractivity (Wildman–Crippen MR) is 134 cm³/mol. The molecule has 0 spiro atoms. The SMILES string of the molecule is CCC(C)NC(=O)c1cccc(CNC(=NC)N(C)Cc2cc(Br)cn2C)c1.I. The number of nitrogens with zero attached hydrogens (tertiary/aromatic N) is 3. The molecule has 0 radical (unpaired) electrons. The van der Waals surface area contributed by atoms with Gasteiger partial charge in [-0.15, -0.1) is 24.0 Å². The number of carbonyl (C=O) groups is 1. The number of aliphatic imine (C=N–C) groups is 1. The largest absolute Gasteiger partial charge is 0.352 e. The maximum absolute atomic E-state index is 12.3. The standard InChI is InChI=1S/C21H30BrN5O.HI/c1-6-15(2)25-20(28)17-9-7-8-16(10-17)12-24-21(23-3)27(5)14-19-11-18(22)13-26(19)4;/h7-11,13,15H,6,12,14H2,1-5H3,(H,23,24)(H,25,28);1H. The van der Waals surface area contributed by atoms with Crippen LogP contribution >= 0.6 is 39.9 Å². The van der Waals surface area contributed by atoms with Gasteiger partial charge in [0.15, 0.2) is 5.96 Å². The molecular formula is C21H31BrIN5O. The molecule has 0 bridgehead atoms. The van der Waals surface area contributed by atoms with Gasteiger partial charge in [-0.1, -0.05) is 19.1 Å². The lowest BCUT2D eigenvalue weighted by Crippen LogP contribution is -2.38. The third-order valence-electron chi connectivity index (χ3n) is 4.68. The minimum atomic E-state index is -0.0352. The molecule has 0 saturated heterocycles. The first-order valence-corrected chi connectivity index (χ1v) is 10.3. The van der Waals surface area contributed by atoms with E-state index >= 15 is 0 Å². The summed E-state index contributed by atoms with van der Waals surface area (Å²) in [7, 11) is 5.81. The molecule has 2 N–H and O–H groups in total. The molecule has 160 valence electrons. The summed E-state index contributed by atoms with van der Waals surface area (Å²) in [5, 5.41) is 6.38. The summed E-state index contributed by atoms with van der Waals surface area (Å²) < 4.78 is 3.15. The molecule has 0 aliphatic heterocycles. The Bertz CT molecular complexity index is 836. The van der Waals surface area contributed by atoms with Gasteiger partial charge >= 0.3 is 0 Å². The van der Waals surface area contributed by atoms with Crippen molar-refractivity contribution in [2.45, 2.75) is 39.4 Å². The zero-order valence-corrected chi connectivity index (χ0v) is 21.6. The van der Waals surface area contributed by atoms with E-state index < -0.39 is 0 Å². The Labute approximate surface area is 199 Å². The number of carbonyl (C=O) groups excluding carboxylic acids is 1. The van der Waals surface area contributed by atoms with Crippen LogP contribution in [-0.4, -0.2) is 41.5 Å². The Balaban J connectivity index is 0.00000420. The number of amides is 1. The van der Waals surface area contributed by atoms with Crippen molar-refractivity contribution in [2.75, 3.05) is 14.1 Å². The summed E-state index contributed by atoms with van der Waals surface area (Å²) in [4.78, 5) is 18.8. The van der Waals surface area contributed by atoms with Gasteiger partial charge in [0.1, 0.15) is 0 Å². The van der Waals surface area contributed by atoms with Gasteiger partial charge in [-0.05, 0) is 53.0 Å². The second-order valence-corrected chi connectivity index (χ2v) is 7.92. The van der Waals surface area contributed by atoms with Crippen molar-refractivity contribution in [3.63, 3.8) is 0 Å². The lowest BCUT2D eigenvalue weighted by Gasteiger charge is -2.22. The molecule has 0 fully saturated rings. The second kappa shape index (κ2) is 12.2. The van der Waals surface area contributed by atoms with Crippen LogP contribution in [0.25, 0.3) is 0 Å². The summed E-state index contributed by atoms with van der Waals surface area (Å²) in [5.74, 6) is 0.763. The summed E-state index contributed by atoms with van der Waals surface area (Å²) in [6, 6.07) is 9.95. The summed E-state index contributed by atoms with van der Waals surface area (Å²) >= 11 is 3.51. The van der Waals surface area contributed by atoms with E-state index in [1.54, 1.807) is 7.05 Å². The zero-order chi connectivity index (χ0) is 20.7. The molecule has 0 aliphatic carbocycles. The second-order valence-electron chi connectivity index (χ2n) is 7.00. The average molecular weight is 576 g/mol. The van der Waals surface area contributed by atoms with Crippen LogP contribution < -0.4 is 10.6 Å². The third kappa shape index (κ3) is 7.65. The van der Waals surface area contributed by atoms with E-state index in [9.17, 15) is 4.79 Å². The minimum absolute atomic E-state index is 0. The van der Waals surface area contributed by atoms with Crippen molar-refractivity contribution in [2.24, 2.45) is 12.0 Å². The van der Waals surface area contributed by atoms with E-state index in [1.165, 1.54) is 5.69 Å². The van der Waals surface area contributed by atoms with Gasteiger partial charge in [0.2, 0.25) is 0 Å². The van der Waals surface area contributed by atoms with E-state index in [-0.39, 0.29) is 35.9 Å². The number of aryl methyl sites for hydroxylation is 1. The number of hydrogen-bond acceptors (Lipinski definition) is 2. The van der Waals surface area contributed by atoms with Gasteiger partial charge in [0.25, 0.3) is 5.91 Å². The molecule has 1 aromatic carbocycles. The number of benzene rings is 1. The van der Waals surface area contributed by atoms with Crippen molar-refractivity contribution in [3.8, 4) is 0 Å². The van der Waals surface area contributed by atoms with Crippen molar-refractivity contribution in [1.29, 1.82) is 0 Å². The van der Waals surface area contributed by atoms with Crippen molar-refractivity contribution >= 4 is 51.8 Å². The first kappa shape index (κ1) is 25.5. The van der Waals surface area contributed by atoms with Crippen LogP contribution in [0.1, 0.15) is 41.9 Å². The monoisotopic (exact) mass is 575 g/mol. The zero-order valence-electron chi connectivity index (χ0n) is 17.7. The number of hydrogen-bond donors (Lipinski definition) is 2. The van der Waals surface area contributed by atoms with E-state index in [4.69, 9.17) is 0 Å². The van der Waals surface area contributed by atoms with E-state index in [1.807, 2.05) is 51.5 Å². The predicted octanol–water partition coefficient (Wildman–Crippen LogP) is 4.14. The first-order valence-electron chi connectivity index (χ1n) is 9.46. The maximum Gasteiger partial charge on any atom is 0.251 e. The minimum Gasteiger partial charge on any atom is -0.352 e. The smallest absolute Gasteiger partial charge is 0.251 e. The Morgan fingerprint density at radius 2 is 2.07 bits per heavy atom. The van der Waals surface area contributed by atoms with E-state index in [0.29, 0.717) is 12.1 Å². The van der Waals surface area contributed by atoms with Gasteiger partial charge in [0.05, 0.1) is 6.54 Å². The molecule has 0 aliphatic rings. The number of aromatic nitrogens is 1. The number of nitrogens with one attached hydrogen (secondary N) is 2. The lowest BCUT2D eigenvalue weighted by molar-refractivity contribution is 0.0939. The molecule has 1 amide bonds. The Morgan fingerprint density at radius 1 is 1.34 bits per heavy atom. The molecule has 2 rings (SSSR count). The maximum atomic E-state index is 12.3. The van der Waals surface area contributed by atoms with Gasteiger partial charge in [-0.25, -0.2) is 0 Å². The molecule has 29 heavy (non-hydrogen) atoms. The molecule has 6 nitrogen and oxygen atoms in total. The average Bonchev–Trinajstić information content (AvgIpc) is 2.99. The Hall–Kier alpha value is -1.55. The number of halogens is 2. The van der Waals surface area contributed by atoms with Crippen molar-refractivity contribution in [3.05, 3.63) is 57.8 Å². The summed E-state index contributed by atoms with van der Waals surface area (Å²) in [6.45, 7) is 5.40. The summed E-state index contributed by atoms with van der Waals surface area (Å²) in [5.41, 5.74) is 2.89. The highest BCUT2D eigenvalue weighted by Crippen LogP contribution is 2.15. The molecular weight excluding hydrogens is 545 g/mol. The van der Waals surface area contributed by atoms with E-state index in [2.05, 4.69) is 54.0 Å². The van der Waals surface area contributed by atoms with Crippen LogP contribution in [0.2, 0.25) is 0 Å². The molecule has 1 unspecified atom stereocenters. The number of rotatable bonds is 7. The van der Waals surface area contributed by atoms with Gasteiger partial charge in [-0.3, -0.25) is 9.79 Å². The van der Waals surface area contributed by atoms with E-state index in [0.717, 1.165) is 29.0 Å². The molecule has 1 heterocycles. The van der Waals surface area contributed by atoms with Gasteiger partial charge in [-0.2, -0.15) is 0 Å². The third-order valence-corrected chi connectivity index (χ3v) is 5.11. The van der Waals surface area contributed by atoms with Crippen LogP contribution in [0.3, 0.4) is 0 Å². The molecule has 1 aromatic heterocycles. The first-order chi connectivity index (χ1) is 13.3. The van der Waals surface area contributed by atoms with Crippen LogP contribution in [0, 0.1) is 0 Å². The van der Waals surface area contributed by atoms with Gasteiger partial charge in [0, 0.05) is 55.7 Å². The highest BCUT2D eigenvalue weighted by molar-refractivity contribution is 14.0. The fraction of sp³-hybridized carbons (Fsp3) is 0.429. The topological polar surface area (TPSA) is 61.7 Å². The summed E-state index contributed by atoms with van der Waals surface area (Å²) in [6.07, 6.45) is 2.95. The van der Waals surface area contributed by atoms with Crippen LogP contribution in [-0.2, 0) is 20.1 Å². The Morgan fingerprint density at radius 3 is 2.66 bits per heavy atom. The quantitative estimate of drug-likeness (QED) is 0.296. The van der Waals surface area contributed by atoms with Gasteiger partial charge < -0.3 is 20.1 Å². The molecule has 1 atom stereocenters. The molecule has 2 aromatic rings. The highest BCUT2D eigenvalue weighted by atomic mass is 127. The van der Waals surface area contributed by atoms with Crippen LogP contribution in [0.5, 0.6) is 0 Å². The lowest BCUT2D eigenvalue weighted by atomic mass is 10.1. The van der Waals surface area contributed by atoms with Crippen LogP contribution in [0.4, 0.5) is 0 Å². The van der Waals surface area contributed by atoms with Crippen molar-refractivity contribution < 1.29 is 4.79 Å². The molecule has 0 saturated carbocycles. The molecule has 8 heteroatoms. The highest BCUT2D eigenvalue weighted by Gasteiger charge is 2.11. The normalized spacial score (nSPS) is 12.1.